The number of esters is 1. The molecule has 2 amide bonds. The van der Waals surface area contributed by atoms with Gasteiger partial charge in [0.25, 0.3) is 11.8 Å². The van der Waals surface area contributed by atoms with Crippen molar-refractivity contribution in [3.05, 3.63) is 48.5 Å². The van der Waals surface area contributed by atoms with Gasteiger partial charge in [0.05, 0.1) is 19.3 Å². The van der Waals surface area contributed by atoms with Crippen LogP contribution in [0.1, 0.15) is 0 Å². The number of ether oxygens (including phenoxy) is 4. The number of benzene rings is 2. The minimum atomic E-state index is -0.863. The van der Waals surface area contributed by atoms with Crippen LogP contribution in [0.3, 0.4) is 0 Å². The first kappa shape index (κ1) is 21.0. The van der Waals surface area contributed by atoms with Crippen LogP contribution in [0.25, 0.3) is 0 Å². The molecular formula is C21H22N2O7. The Balaban J connectivity index is 1.59. The maximum absolute atomic E-state index is 12.7. The Morgan fingerprint density at radius 1 is 1.07 bits per heavy atom. The molecule has 2 aromatic carbocycles. The molecular weight excluding hydrogens is 392 g/mol. The molecule has 0 fully saturated rings. The maximum Gasteiger partial charge on any atom is 0.344 e. The first-order valence-corrected chi connectivity index (χ1v) is 9.22. The Morgan fingerprint density at radius 3 is 2.50 bits per heavy atom. The number of hydrogen-bond donors (Lipinski definition) is 1. The van der Waals surface area contributed by atoms with Gasteiger partial charge in [0.1, 0.15) is 5.75 Å². The van der Waals surface area contributed by atoms with Crippen molar-refractivity contribution in [2.24, 2.45) is 0 Å². The number of para-hydroxylation sites is 4. The van der Waals surface area contributed by atoms with Crippen LogP contribution in [0.2, 0.25) is 0 Å². The second-order valence-electron chi connectivity index (χ2n) is 6.29. The molecule has 0 bridgehead atoms. The van der Waals surface area contributed by atoms with Crippen molar-refractivity contribution >= 4 is 23.5 Å². The first-order chi connectivity index (χ1) is 14.5. The Morgan fingerprint density at radius 2 is 1.77 bits per heavy atom. The highest BCUT2D eigenvalue weighted by molar-refractivity contribution is 5.98. The van der Waals surface area contributed by atoms with Crippen LogP contribution in [0.4, 0.5) is 5.69 Å². The van der Waals surface area contributed by atoms with Crippen LogP contribution in [-0.2, 0) is 19.1 Å². The van der Waals surface area contributed by atoms with Crippen LogP contribution in [0, 0.1) is 0 Å². The minimum absolute atomic E-state index is 0.00475. The Bertz CT molecular complexity index is 931. The van der Waals surface area contributed by atoms with Crippen molar-refractivity contribution in [2.45, 2.75) is 6.10 Å². The molecule has 158 valence electrons. The molecule has 1 aliphatic heterocycles. The van der Waals surface area contributed by atoms with Crippen LogP contribution in [0.5, 0.6) is 17.2 Å². The summed E-state index contributed by atoms with van der Waals surface area (Å²) >= 11 is 0. The molecule has 0 radical (unpaired) electrons. The van der Waals surface area contributed by atoms with E-state index >= 15 is 0 Å². The van der Waals surface area contributed by atoms with Crippen LogP contribution in [0.15, 0.2) is 48.5 Å². The van der Waals surface area contributed by atoms with Crippen molar-refractivity contribution in [1.29, 1.82) is 0 Å². The average Bonchev–Trinajstić information content (AvgIpc) is 2.79. The zero-order valence-electron chi connectivity index (χ0n) is 16.6. The smallest absolute Gasteiger partial charge is 0.344 e. The van der Waals surface area contributed by atoms with E-state index in [1.54, 1.807) is 48.5 Å². The van der Waals surface area contributed by atoms with Gasteiger partial charge in [-0.3, -0.25) is 9.59 Å². The van der Waals surface area contributed by atoms with E-state index in [0.29, 0.717) is 22.9 Å². The minimum Gasteiger partial charge on any atom is -0.493 e. The Labute approximate surface area is 173 Å². The zero-order chi connectivity index (χ0) is 21.5. The number of anilines is 1. The monoisotopic (exact) mass is 414 g/mol. The van der Waals surface area contributed by atoms with Gasteiger partial charge in [-0.1, -0.05) is 24.3 Å². The number of amides is 2. The van der Waals surface area contributed by atoms with Gasteiger partial charge in [-0.25, -0.2) is 4.79 Å². The van der Waals surface area contributed by atoms with E-state index in [9.17, 15) is 14.4 Å². The van der Waals surface area contributed by atoms with Gasteiger partial charge >= 0.3 is 5.97 Å². The van der Waals surface area contributed by atoms with Crippen LogP contribution in [-0.4, -0.2) is 57.8 Å². The summed E-state index contributed by atoms with van der Waals surface area (Å²) in [5.41, 5.74) is 0.504. The third-order valence-corrected chi connectivity index (χ3v) is 4.38. The molecule has 0 aliphatic carbocycles. The fraction of sp³-hybridized carbons (Fsp3) is 0.286. The highest BCUT2D eigenvalue weighted by atomic mass is 16.6. The molecule has 9 heteroatoms. The van der Waals surface area contributed by atoms with Gasteiger partial charge in [-0.05, 0) is 24.3 Å². The summed E-state index contributed by atoms with van der Waals surface area (Å²) < 4.78 is 21.2. The molecule has 1 heterocycles. The molecule has 30 heavy (non-hydrogen) atoms. The van der Waals surface area contributed by atoms with Crippen molar-refractivity contribution in [3.8, 4) is 17.2 Å². The summed E-state index contributed by atoms with van der Waals surface area (Å²) in [7, 11) is 2.98. The number of fused-ring (bicyclic) bond motifs is 1. The number of carbonyl (C=O) groups is 3. The topological polar surface area (TPSA) is 103 Å². The maximum atomic E-state index is 12.7. The molecule has 1 N–H and O–H groups in total. The van der Waals surface area contributed by atoms with Gasteiger partial charge in [0.2, 0.25) is 0 Å². The molecule has 1 unspecified atom stereocenters. The van der Waals surface area contributed by atoms with Crippen molar-refractivity contribution in [3.63, 3.8) is 0 Å². The lowest BCUT2D eigenvalue weighted by molar-refractivity contribution is -0.150. The van der Waals surface area contributed by atoms with Crippen molar-refractivity contribution < 1.29 is 33.3 Å². The van der Waals surface area contributed by atoms with Crippen molar-refractivity contribution in [1.82, 2.24) is 5.32 Å². The van der Waals surface area contributed by atoms with Crippen LogP contribution < -0.4 is 24.4 Å². The second-order valence-corrected chi connectivity index (χ2v) is 6.29. The summed E-state index contributed by atoms with van der Waals surface area (Å²) in [6.45, 7) is -0.873. The molecule has 0 saturated carbocycles. The lowest BCUT2D eigenvalue weighted by Crippen LogP contribution is -2.51. The van der Waals surface area contributed by atoms with E-state index in [1.807, 2.05) is 0 Å². The number of likely N-dealkylation sites (N-methyl/N-ethyl adjacent to an activating group) is 1. The first-order valence-electron chi connectivity index (χ1n) is 9.22. The number of hydrogen-bond acceptors (Lipinski definition) is 7. The number of rotatable bonds is 7. The summed E-state index contributed by atoms with van der Waals surface area (Å²) in [4.78, 5) is 38.1. The summed E-state index contributed by atoms with van der Waals surface area (Å²) in [6, 6.07) is 13.7. The van der Waals surface area contributed by atoms with Gasteiger partial charge in [0.15, 0.2) is 30.8 Å². The largest absolute Gasteiger partial charge is 0.493 e. The normalized spacial score (nSPS) is 14.7. The molecule has 0 saturated heterocycles. The van der Waals surface area contributed by atoms with Gasteiger partial charge in [-0.15, -0.1) is 0 Å². The number of carbonyl (C=O) groups excluding carboxylic acids is 3. The number of methoxy groups -OCH3 is 1. The third-order valence-electron chi connectivity index (χ3n) is 4.38. The molecule has 2 aromatic rings. The van der Waals surface area contributed by atoms with Crippen LogP contribution >= 0.6 is 0 Å². The summed E-state index contributed by atoms with van der Waals surface area (Å²) in [5, 5.41) is 2.50. The molecule has 1 atom stereocenters. The van der Waals surface area contributed by atoms with Gasteiger partial charge < -0.3 is 29.2 Å². The summed E-state index contributed by atoms with van der Waals surface area (Å²) in [5.74, 6) is -0.282. The van der Waals surface area contributed by atoms with E-state index in [-0.39, 0.29) is 19.1 Å². The predicted octanol–water partition coefficient (Wildman–Crippen LogP) is 1.16. The van der Waals surface area contributed by atoms with Gasteiger partial charge in [0, 0.05) is 7.05 Å². The average molecular weight is 414 g/mol. The van der Waals surface area contributed by atoms with E-state index < -0.39 is 24.6 Å². The second kappa shape index (κ2) is 9.64. The van der Waals surface area contributed by atoms with E-state index in [4.69, 9.17) is 18.9 Å². The fourth-order valence-electron chi connectivity index (χ4n) is 2.90. The molecule has 0 spiro atoms. The predicted molar refractivity (Wildman–Crippen MR) is 107 cm³/mol. The molecule has 9 nitrogen and oxygen atoms in total. The molecule has 1 aliphatic rings. The van der Waals surface area contributed by atoms with E-state index in [0.717, 1.165) is 0 Å². The molecule has 0 aromatic heterocycles. The quantitative estimate of drug-likeness (QED) is 0.678. The van der Waals surface area contributed by atoms with Gasteiger partial charge in [-0.2, -0.15) is 0 Å². The SMILES string of the molecule is CNC(=O)C1CN(C(=O)COC(=O)COc2ccccc2OC)c2ccccc2O1. The molecule has 3 rings (SSSR count). The zero-order valence-corrected chi connectivity index (χ0v) is 16.6. The fourth-order valence-corrected chi connectivity index (χ4v) is 2.90. The third kappa shape index (κ3) is 4.80. The number of nitrogens with zero attached hydrogens (tertiary/aromatic N) is 1. The van der Waals surface area contributed by atoms with E-state index in [1.165, 1.54) is 19.1 Å². The Kier molecular flexibility index (Phi) is 6.74. The lowest BCUT2D eigenvalue weighted by Gasteiger charge is -2.33. The number of nitrogens with one attached hydrogen (secondary N) is 1. The highest BCUT2D eigenvalue weighted by Crippen LogP contribution is 2.33. The highest BCUT2D eigenvalue weighted by Gasteiger charge is 2.33. The van der Waals surface area contributed by atoms with E-state index in [2.05, 4.69) is 5.32 Å². The summed E-state index contributed by atoms with van der Waals surface area (Å²) in [6.07, 6.45) is -0.863. The standard InChI is InChI=1S/C21H22N2O7/c1-22-21(26)18-11-23(14-7-3-4-8-15(14)30-18)19(24)12-29-20(25)13-28-17-10-6-5-9-16(17)27-2/h3-10,18H,11-13H2,1-2H3,(H,22,26). The lowest BCUT2D eigenvalue weighted by atomic mass is 10.1. The van der Waals surface area contributed by atoms with Crippen molar-refractivity contribution in [2.75, 3.05) is 38.8 Å². The Hall–Kier alpha value is -3.75.